The van der Waals surface area contributed by atoms with E-state index in [2.05, 4.69) is 19.7 Å². The minimum Gasteiger partial charge on any atom is -0.383 e. The highest BCUT2D eigenvalue weighted by atomic mass is 32.1. The number of nitrogens with one attached hydrogen (secondary N) is 1. The Morgan fingerprint density at radius 2 is 2.04 bits per heavy atom. The Morgan fingerprint density at radius 1 is 1.23 bits per heavy atom. The van der Waals surface area contributed by atoms with Crippen LogP contribution in [0.3, 0.4) is 0 Å². The molecular weight excluding hydrogens is 350 g/mol. The molecule has 0 spiro atoms. The minimum atomic E-state index is -0.264. The Balaban J connectivity index is 1.64. The molecule has 0 aliphatic carbocycles. The number of hydrogen-bond acceptors (Lipinski definition) is 7. The molecule has 1 amide bonds. The maximum atomic E-state index is 12.4. The summed E-state index contributed by atoms with van der Waals surface area (Å²) in [4.78, 5) is 23.0. The van der Waals surface area contributed by atoms with Crippen LogP contribution in [0.25, 0.3) is 11.4 Å². The molecule has 0 saturated carbocycles. The van der Waals surface area contributed by atoms with Crippen molar-refractivity contribution in [3.05, 3.63) is 54.2 Å². The molecular formula is C18H19N5O2S. The summed E-state index contributed by atoms with van der Waals surface area (Å²) in [6.07, 6.45) is 1.55. The summed E-state index contributed by atoms with van der Waals surface area (Å²) in [5, 5.41) is 3.22. The number of methoxy groups -OCH3 is 1. The number of rotatable bonds is 7. The number of likely N-dealkylation sites (N-methyl/N-ethyl adjacent to an activating group) is 1. The number of amides is 1. The second-order valence-electron chi connectivity index (χ2n) is 5.56. The van der Waals surface area contributed by atoms with Crippen molar-refractivity contribution in [2.45, 2.75) is 0 Å². The minimum absolute atomic E-state index is 0.264. The van der Waals surface area contributed by atoms with Gasteiger partial charge in [0.15, 0.2) is 5.82 Å². The number of pyridine rings is 1. The highest BCUT2D eigenvalue weighted by molar-refractivity contribution is 7.10. The first kappa shape index (κ1) is 18.0. The number of carbonyl (C=O) groups is 1. The van der Waals surface area contributed by atoms with Crippen LogP contribution in [-0.4, -0.2) is 47.6 Å². The molecule has 0 bridgehead atoms. The molecule has 0 saturated heterocycles. The fourth-order valence-corrected chi connectivity index (χ4v) is 2.82. The third-order valence-corrected chi connectivity index (χ3v) is 4.34. The smallest absolute Gasteiger partial charge is 0.259 e. The van der Waals surface area contributed by atoms with E-state index >= 15 is 0 Å². The summed E-state index contributed by atoms with van der Waals surface area (Å²) >= 11 is 1.15. The fraction of sp³-hybridized carbons (Fsp3) is 0.222. The van der Waals surface area contributed by atoms with Crippen molar-refractivity contribution in [1.82, 2.24) is 14.3 Å². The summed E-state index contributed by atoms with van der Waals surface area (Å²) in [5.41, 5.74) is 1.37. The molecule has 0 aliphatic heterocycles. The number of benzene rings is 1. The van der Waals surface area contributed by atoms with Crippen LogP contribution in [0.1, 0.15) is 10.4 Å². The van der Waals surface area contributed by atoms with Gasteiger partial charge in [-0.05, 0) is 12.1 Å². The van der Waals surface area contributed by atoms with Gasteiger partial charge in [0.05, 0.1) is 12.2 Å². The van der Waals surface area contributed by atoms with Gasteiger partial charge in [-0.2, -0.15) is 9.36 Å². The van der Waals surface area contributed by atoms with Crippen LogP contribution in [-0.2, 0) is 4.74 Å². The Morgan fingerprint density at radius 3 is 2.73 bits per heavy atom. The molecule has 0 atom stereocenters. The normalized spacial score (nSPS) is 10.5. The van der Waals surface area contributed by atoms with E-state index in [0.717, 1.165) is 29.5 Å². The average molecular weight is 369 g/mol. The van der Waals surface area contributed by atoms with Crippen molar-refractivity contribution < 1.29 is 9.53 Å². The van der Waals surface area contributed by atoms with Gasteiger partial charge < -0.3 is 9.64 Å². The number of nitrogens with zero attached hydrogens (tertiary/aromatic N) is 4. The van der Waals surface area contributed by atoms with Gasteiger partial charge in [0.25, 0.3) is 5.91 Å². The first-order valence-electron chi connectivity index (χ1n) is 8.04. The zero-order chi connectivity index (χ0) is 18.4. The van der Waals surface area contributed by atoms with Crippen molar-refractivity contribution >= 4 is 28.4 Å². The quantitative estimate of drug-likeness (QED) is 0.690. The van der Waals surface area contributed by atoms with Crippen LogP contribution in [0.5, 0.6) is 0 Å². The standard InChI is InChI=1S/C18H19N5O2S/c1-23(10-11-25-2)15-9-8-14(12-19-15)17(24)21-18-20-16(22-26-18)13-6-4-3-5-7-13/h3-9,12H,10-11H2,1-2H3,(H,20,21,22,24). The van der Waals surface area contributed by atoms with Gasteiger partial charge in [-0.3, -0.25) is 10.1 Å². The Hall–Kier alpha value is -2.84. The Bertz CT molecular complexity index is 852. The Labute approximate surface area is 155 Å². The monoisotopic (exact) mass is 369 g/mol. The van der Waals surface area contributed by atoms with Crippen molar-refractivity contribution in [3.63, 3.8) is 0 Å². The lowest BCUT2D eigenvalue weighted by atomic mass is 10.2. The van der Waals surface area contributed by atoms with Crippen molar-refractivity contribution in [2.24, 2.45) is 0 Å². The first-order valence-corrected chi connectivity index (χ1v) is 8.81. The lowest BCUT2D eigenvalue weighted by Gasteiger charge is -2.17. The molecule has 2 heterocycles. The van der Waals surface area contributed by atoms with Gasteiger partial charge in [-0.15, -0.1) is 0 Å². The van der Waals surface area contributed by atoms with E-state index in [-0.39, 0.29) is 5.91 Å². The lowest BCUT2D eigenvalue weighted by molar-refractivity contribution is 0.102. The molecule has 0 aliphatic rings. The lowest BCUT2D eigenvalue weighted by Crippen LogP contribution is -2.23. The largest absolute Gasteiger partial charge is 0.383 e. The van der Waals surface area contributed by atoms with E-state index in [9.17, 15) is 4.79 Å². The van der Waals surface area contributed by atoms with Crippen molar-refractivity contribution in [1.29, 1.82) is 0 Å². The van der Waals surface area contributed by atoms with Crippen molar-refractivity contribution in [2.75, 3.05) is 37.5 Å². The molecule has 3 rings (SSSR count). The van der Waals surface area contributed by atoms with Crippen LogP contribution in [0, 0.1) is 0 Å². The van der Waals surface area contributed by atoms with Crippen LogP contribution < -0.4 is 10.2 Å². The van der Waals surface area contributed by atoms with Crippen LogP contribution >= 0.6 is 11.5 Å². The van der Waals surface area contributed by atoms with Gasteiger partial charge >= 0.3 is 0 Å². The fourth-order valence-electron chi connectivity index (χ4n) is 2.24. The van der Waals surface area contributed by atoms with Gasteiger partial charge in [0.1, 0.15) is 5.82 Å². The third kappa shape index (κ3) is 4.41. The summed E-state index contributed by atoms with van der Waals surface area (Å²) in [5.74, 6) is 1.11. The number of hydrogen-bond donors (Lipinski definition) is 1. The number of carbonyl (C=O) groups excluding carboxylic acids is 1. The van der Waals surface area contributed by atoms with Crippen LogP contribution in [0.4, 0.5) is 10.9 Å². The predicted octanol–water partition coefficient (Wildman–Crippen LogP) is 2.94. The van der Waals surface area contributed by atoms with Gasteiger partial charge in [-0.25, -0.2) is 4.98 Å². The molecule has 26 heavy (non-hydrogen) atoms. The van der Waals surface area contributed by atoms with E-state index in [1.807, 2.05) is 42.3 Å². The molecule has 134 valence electrons. The highest BCUT2D eigenvalue weighted by Crippen LogP contribution is 2.21. The van der Waals surface area contributed by atoms with E-state index in [1.54, 1.807) is 25.4 Å². The molecule has 1 N–H and O–H groups in total. The van der Waals surface area contributed by atoms with E-state index in [4.69, 9.17) is 4.74 Å². The summed E-state index contributed by atoms with van der Waals surface area (Å²) in [6, 6.07) is 13.2. The third-order valence-electron chi connectivity index (χ3n) is 3.71. The molecule has 0 radical (unpaired) electrons. The van der Waals surface area contributed by atoms with E-state index in [0.29, 0.717) is 23.1 Å². The number of aromatic nitrogens is 3. The second-order valence-corrected chi connectivity index (χ2v) is 6.31. The second kappa shape index (κ2) is 8.50. The van der Waals surface area contributed by atoms with Gasteiger partial charge in [0.2, 0.25) is 5.13 Å². The van der Waals surface area contributed by atoms with Gasteiger partial charge in [-0.1, -0.05) is 30.3 Å². The molecule has 0 unspecified atom stereocenters. The molecule has 0 fully saturated rings. The summed E-state index contributed by atoms with van der Waals surface area (Å²) in [7, 11) is 3.58. The van der Waals surface area contributed by atoms with Crippen LogP contribution in [0.15, 0.2) is 48.7 Å². The van der Waals surface area contributed by atoms with E-state index in [1.165, 1.54) is 0 Å². The molecule has 2 aromatic heterocycles. The van der Waals surface area contributed by atoms with Crippen LogP contribution in [0.2, 0.25) is 0 Å². The highest BCUT2D eigenvalue weighted by Gasteiger charge is 2.12. The molecule has 3 aromatic rings. The zero-order valence-corrected chi connectivity index (χ0v) is 15.4. The Kier molecular flexibility index (Phi) is 5.88. The molecule has 7 nitrogen and oxygen atoms in total. The maximum absolute atomic E-state index is 12.4. The summed E-state index contributed by atoms with van der Waals surface area (Å²) in [6.45, 7) is 1.34. The topological polar surface area (TPSA) is 80.2 Å². The predicted molar refractivity (Wildman–Crippen MR) is 103 cm³/mol. The first-order chi connectivity index (χ1) is 12.7. The zero-order valence-electron chi connectivity index (χ0n) is 14.5. The molecule has 8 heteroatoms. The number of anilines is 2. The maximum Gasteiger partial charge on any atom is 0.259 e. The molecule has 1 aromatic carbocycles. The summed E-state index contributed by atoms with van der Waals surface area (Å²) < 4.78 is 9.33. The van der Waals surface area contributed by atoms with E-state index < -0.39 is 0 Å². The van der Waals surface area contributed by atoms with Crippen molar-refractivity contribution in [3.8, 4) is 11.4 Å². The number of ether oxygens (including phenoxy) is 1. The average Bonchev–Trinajstić information content (AvgIpc) is 3.15. The van der Waals surface area contributed by atoms with Gasteiger partial charge in [0, 0.05) is 44.0 Å². The SMILES string of the molecule is COCCN(C)c1ccc(C(=O)Nc2nc(-c3ccccc3)ns2)cn1.